The summed E-state index contributed by atoms with van der Waals surface area (Å²) in [6, 6.07) is 8.47. The molecule has 2 aliphatic rings. The lowest BCUT2D eigenvalue weighted by Crippen LogP contribution is -2.40. The highest BCUT2D eigenvalue weighted by molar-refractivity contribution is 5.81. The van der Waals surface area contributed by atoms with Gasteiger partial charge < -0.3 is 10.6 Å². The summed E-state index contributed by atoms with van der Waals surface area (Å²) in [6.45, 7) is 2.74. The second-order valence-corrected chi connectivity index (χ2v) is 3.81. The number of hydrogen-bond donors (Lipinski definition) is 3. The number of hydrogen-bond acceptors (Lipinski definition) is 4. The molecule has 1 atom stereocenters. The molecular formula is C11H14N4. The Kier molecular flexibility index (Phi) is 2.07. The lowest BCUT2D eigenvalue weighted by atomic mass is 10.1. The molecule has 0 saturated carbocycles. The lowest BCUT2D eigenvalue weighted by molar-refractivity contribution is 0.547. The fraction of sp³-hybridized carbons (Fsp3) is 0.364. The number of rotatable bonds is 1. The summed E-state index contributed by atoms with van der Waals surface area (Å²) in [5, 5.41) is 9.99. The van der Waals surface area contributed by atoms with Crippen molar-refractivity contribution in [3.8, 4) is 0 Å². The number of nitrogens with one attached hydrogen (secondary N) is 3. The Morgan fingerprint density at radius 3 is 3.13 bits per heavy atom. The molecule has 1 aromatic rings. The van der Waals surface area contributed by atoms with Crippen molar-refractivity contribution in [2.45, 2.75) is 12.7 Å². The standard InChI is InChI=1S/C11H14N4/c1-2-4-9-8(3-1)7-14-10(9)15-11-12-5-6-13-11/h1-4,10,14H,5-7H2,(H2,12,13,15). The maximum atomic E-state index is 4.33. The van der Waals surface area contributed by atoms with E-state index >= 15 is 0 Å². The van der Waals surface area contributed by atoms with Gasteiger partial charge in [-0.25, -0.2) is 0 Å². The molecule has 0 spiro atoms. The van der Waals surface area contributed by atoms with E-state index in [1.165, 1.54) is 11.1 Å². The third-order valence-corrected chi connectivity index (χ3v) is 2.82. The van der Waals surface area contributed by atoms with Gasteiger partial charge in [-0.2, -0.15) is 0 Å². The summed E-state index contributed by atoms with van der Waals surface area (Å²) in [5.41, 5.74) is 2.70. The van der Waals surface area contributed by atoms with Crippen molar-refractivity contribution >= 4 is 5.96 Å². The zero-order valence-corrected chi connectivity index (χ0v) is 8.46. The highest BCUT2D eigenvalue weighted by Gasteiger charge is 2.22. The van der Waals surface area contributed by atoms with Gasteiger partial charge in [0.2, 0.25) is 0 Å². The first-order valence-electron chi connectivity index (χ1n) is 5.29. The van der Waals surface area contributed by atoms with Crippen LogP contribution in [-0.4, -0.2) is 19.0 Å². The summed E-state index contributed by atoms with van der Waals surface area (Å²) < 4.78 is 0. The van der Waals surface area contributed by atoms with E-state index in [0.717, 1.165) is 25.6 Å². The molecule has 2 heterocycles. The molecule has 3 N–H and O–H groups in total. The Labute approximate surface area is 88.8 Å². The van der Waals surface area contributed by atoms with Gasteiger partial charge in [0.05, 0.1) is 6.54 Å². The molecule has 1 unspecified atom stereocenters. The highest BCUT2D eigenvalue weighted by Crippen LogP contribution is 2.22. The lowest BCUT2D eigenvalue weighted by Gasteiger charge is -2.15. The normalized spacial score (nSPS) is 23.2. The molecule has 15 heavy (non-hydrogen) atoms. The van der Waals surface area contributed by atoms with Gasteiger partial charge in [-0.05, 0) is 11.1 Å². The zero-order valence-electron chi connectivity index (χ0n) is 8.46. The van der Waals surface area contributed by atoms with Crippen molar-refractivity contribution in [3.63, 3.8) is 0 Å². The van der Waals surface area contributed by atoms with Gasteiger partial charge in [0.25, 0.3) is 0 Å². The van der Waals surface area contributed by atoms with Crippen LogP contribution in [0.15, 0.2) is 29.3 Å². The van der Waals surface area contributed by atoms with Crippen molar-refractivity contribution in [3.05, 3.63) is 35.4 Å². The summed E-state index contributed by atoms with van der Waals surface area (Å²) in [5.74, 6) is 0.907. The predicted molar refractivity (Wildman–Crippen MR) is 59.5 cm³/mol. The molecule has 0 amide bonds. The first-order valence-corrected chi connectivity index (χ1v) is 5.29. The molecule has 0 aliphatic carbocycles. The predicted octanol–water partition coefficient (Wildman–Crippen LogP) is 0.337. The van der Waals surface area contributed by atoms with Gasteiger partial charge in [-0.1, -0.05) is 24.3 Å². The number of fused-ring (bicyclic) bond motifs is 1. The van der Waals surface area contributed by atoms with Crippen LogP contribution < -0.4 is 16.0 Å². The SMILES string of the molecule is c1ccc2c(c1)CNC2NC1=NCCN1. The molecule has 3 rings (SSSR count). The van der Waals surface area contributed by atoms with E-state index < -0.39 is 0 Å². The van der Waals surface area contributed by atoms with Crippen LogP contribution >= 0.6 is 0 Å². The molecule has 0 bridgehead atoms. The van der Waals surface area contributed by atoms with E-state index in [9.17, 15) is 0 Å². The van der Waals surface area contributed by atoms with E-state index in [1.807, 2.05) is 0 Å². The van der Waals surface area contributed by atoms with Crippen molar-refractivity contribution < 1.29 is 0 Å². The molecule has 0 aromatic heterocycles. The van der Waals surface area contributed by atoms with Gasteiger partial charge in [0.1, 0.15) is 6.17 Å². The highest BCUT2D eigenvalue weighted by atomic mass is 15.3. The van der Waals surface area contributed by atoms with E-state index in [4.69, 9.17) is 0 Å². The maximum absolute atomic E-state index is 4.33. The topological polar surface area (TPSA) is 48.5 Å². The minimum absolute atomic E-state index is 0.200. The van der Waals surface area contributed by atoms with Crippen LogP contribution in [0.5, 0.6) is 0 Å². The largest absolute Gasteiger partial charge is 0.354 e. The number of guanidine groups is 1. The Hall–Kier alpha value is -1.55. The zero-order chi connectivity index (χ0) is 10.1. The van der Waals surface area contributed by atoms with Crippen molar-refractivity contribution in [1.82, 2.24) is 16.0 Å². The molecule has 1 aromatic carbocycles. The maximum Gasteiger partial charge on any atom is 0.192 e. The van der Waals surface area contributed by atoms with Crippen LogP contribution in [-0.2, 0) is 6.54 Å². The number of aliphatic imine (C=N–C) groups is 1. The molecule has 0 saturated heterocycles. The van der Waals surface area contributed by atoms with Gasteiger partial charge in [0, 0.05) is 13.1 Å². The van der Waals surface area contributed by atoms with Crippen molar-refractivity contribution in [2.24, 2.45) is 4.99 Å². The van der Waals surface area contributed by atoms with Gasteiger partial charge in [-0.3, -0.25) is 10.3 Å². The third kappa shape index (κ3) is 1.57. The Bertz CT molecular complexity index is 399. The second kappa shape index (κ2) is 3.55. The van der Waals surface area contributed by atoms with Gasteiger partial charge in [-0.15, -0.1) is 0 Å². The molecule has 78 valence electrons. The summed E-state index contributed by atoms with van der Waals surface area (Å²) in [4.78, 5) is 4.33. The van der Waals surface area contributed by atoms with E-state index in [0.29, 0.717) is 0 Å². The fourth-order valence-electron chi connectivity index (χ4n) is 2.06. The van der Waals surface area contributed by atoms with Crippen LogP contribution in [0.25, 0.3) is 0 Å². The van der Waals surface area contributed by atoms with E-state index in [2.05, 4.69) is 45.2 Å². The van der Waals surface area contributed by atoms with Gasteiger partial charge in [0.15, 0.2) is 5.96 Å². The van der Waals surface area contributed by atoms with Crippen LogP contribution in [0.4, 0.5) is 0 Å². The quantitative estimate of drug-likeness (QED) is 0.615. The van der Waals surface area contributed by atoms with Crippen molar-refractivity contribution in [1.29, 1.82) is 0 Å². The minimum Gasteiger partial charge on any atom is -0.354 e. The fourth-order valence-corrected chi connectivity index (χ4v) is 2.06. The second-order valence-electron chi connectivity index (χ2n) is 3.81. The van der Waals surface area contributed by atoms with Crippen molar-refractivity contribution in [2.75, 3.05) is 13.1 Å². The summed E-state index contributed by atoms with van der Waals surface area (Å²) in [7, 11) is 0. The molecule has 2 aliphatic heterocycles. The molecule has 4 nitrogen and oxygen atoms in total. The summed E-state index contributed by atoms with van der Waals surface area (Å²) >= 11 is 0. The average Bonchev–Trinajstić information content (AvgIpc) is 2.89. The third-order valence-electron chi connectivity index (χ3n) is 2.82. The Morgan fingerprint density at radius 2 is 2.27 bits per heavy atom. The van der Waals surface area contributed by atoms with Crippen LogP contribution in [0.2, 0.25) is 0 Å². The number of nitrogens with zero attached hydrogens (tertiary/aromatic N) is 1. The minimum atomic E-state index is 0.200. The van der Waals surface area contributed by atoms with Crippen LogP contribution in [0.3, 0.4) is 0 Å². The van der Waals surface area contributed by atoms with Crippen LogP contribution in [0, 0.1) is 0 Å². The monoisotopic (exact) mass is 202 g/mol. The first kappa shape index (κ1) is 8.73. The number of benzene rings is 1. The van der Waals surface area contributed by atoms with Crippen LogP contribution in [0.1, 0.15) is 17.3 Å². The van der Waals surface area contributed by atoms with E-state index in [-0.39, 0.29) is 6.17 Å². The van der Waals surface area contributed by atoms with E-state index in [1.54, 1.807) is 0 Å². The molecule has 0 radical (unpaired) electrons. The molecule has 4 heteroatoms. The summed E-state index contributed by atoms with van der Waals surface area (Å²) in [6.07, 6.45) is 0.200. The Morgan fingerprint density at radius 1 is 1.33 bits per heavy atom. The molecular weight excluding hydrogens is 188 g/mol. The average molecular weight is 202 g/mol. The molecule has 0 fully saturated rings. The smallest absolute Gasteiger partial charge is 0.192 e. The Balaban J connectivity index is 1.79. The van der Waals surface area contributed by atoms with Gasteiger partial charge >= 0.3 is 0 Å². The first-order chi connectivity index (χ1) is 7.43.